The Kier molecular flexibility index (Phi) is 3.40. The summed E-state index contributed by atoms with van der Waals surface area (Å²) in [6, 6.07) is 11.7. The minimum absolute atomic E-state index is 0.0549. The zero-order valence-corrected chi connectivity index (χ0v) is 9.89. The van der Waals surface area contributed by atoms with Crippen molar-refractivity contribution in [2.75, 3.05) is 0 Å². The van der Waals surface area contributed by atoms with Gasteiger partial charge in [0.15, 0.2) is 0 Å². The number of pyridine rings is 1. The van der Waals surface area contributed by atoms with Gasteiger partial charge >= 0.3 is 0 Å². The van der Waals surface area contributed by atoms with E-state index in [1.54, 1.807) is 4.57 Å². The van der Waals surface area contributed by atoms with Crippen molar-refractivity contribution >= 4 is 0 Å². The standard InChI is InChI=1S/C14H16N2O/c1-11-5-4-8-16(14(11)17)10-13-7-3-2-6-12(13)9-15/h2-8H,9-10,15H2,1H3. The fourth-order valence-electron chi connectivity index (χ4n) is 1.88. The molecule has 1 aromatic heterocycles. The van der Waals surface area contributed by atoms with E-state index in [9.17, 15) is 4.79 Å². The maximum absolute atomic E-state index is 11.9. The molecule has 2 aromatic rings. The maximum atomic E-state index is 11.9. The summed E-state index contributed by atoms with van der Waals surface area (Å²) < 4.78 is 1.71. The quantitative estimate of drug-likeness (QED) is 0.868. The lowest BCUT2D eigenvalue weighted by Crippen LogP contribution is -2.22. The highest BCUT2D eigenvalue weighted by molar-refractivity contribution is 5.27. The molecule has 0 saturated heterocycles. The van der Waals surface area contributed by atoms with Crippen LogP contribution < -0.4 is 11.3 Å². The lowest BCUT2D eigenvalue weighted by Gasteiger charge is -2.10. The third-order valence-electron chi connectivity index (χ3n) is 2.89. The van der Waals surface area contributed by atoms with Gasteiger partial charge in [0.05, 0.1) is 6.54 Å². The van der Waals surface area contributed by atoms with Gasteiger partial charge in [0.25, 0.3) is 5.56 Å². The van der Waals surface area contributed by atoms with Gasteiger partial charge in [0.1, 0.15) is 0 Å². The van der Waals surface area contributed by atoms with Gasteiger partial charge < -0.3 is 10.3 Å². The maximum Gasteiger partial charge on any atom is 0.253 e. The summed E-state index contributed by atoms with van der Waals surface area (Å²) in [7, 11) is 0. The number of hydrogen-bond acceptors (Lipinski definition) is 2. The predicted molar refractivity (Wildman–Crippen MR) is 68.9 cm³/mol. The fraction of sp³-hybridized carbons (Fsp3) is 0.214. The number of nitrogens with two attached hydrogens (primary N) is 1. The van der Waals surface area contributed by atoms with Crippen molar-refractivity contribution in [1.82, 2.24) is 4.57 Å². The first-order chi connectivity index (χ1) is 8.22. The van der Waals surface area contributed by atoms with E-state index in [1.807, 2.05) is 49.5 Å². The van der Waals surface area contributed by atoms with Crippen molar-refractivity contribution in [2.24, 2.45) is 5.73 Å². The van der Waals surface area contributed by atoms with Gasteiger partial charge in [-0.1, -0.05) is 30.3 Å². The molecule has 0 fully saturated rings. The number of aryl methyl sites for hydroxylation is 1. The summed E-state index contributed by atoms with van der Waals surface area (Å²) in [5.41, 5.74) is 8.69. The van der Waals surface area contributed by atoms with Crippen LogP contribution in [0.5, 0.6) is 0 Å². The van der Waals surface area contributed by atoms with E-state index < -0.39 is 0 Å². The molecule has 0 bridgehead atoms. The van der Waals surface area contributed by atoms with E-state index in [-0.39, 0.29) is 5.56 Å². The molecule has 0 spiro atoms. The van der Waals surface area contributed by atoms with Gasteiger partial charge in [-0.3, -0.25) is 4.79 Å². The van der Waals surface area contributed by atoms with E-state index in [1.165, 1.54) is 0 Å². The highest BCUT2D eigenvalue weighted by Crippen LogP contribution is 2.09. The molecule has 0 aliphatic heterocycles. The molecule has 1 heterocycles. The van der Waals surface area contributed by atoms with Crippen molar-refractivity contribution < 1.29 is 0 Å². The van der Waals surface area contributed by atoms with E-state index in [0.29, 0.717) is 13.1 Å². The lowest BCUT2D eigenvalue weighted by molar-refractivity contribution is 0.743. The smallest absolute Gasteiger partial charge is 0.253 e. The van der Waals surface area contributed by atoms with Gasteiger partial charge in [-0.05, 0) is 24.1 Å². The molecular weight excluding hydrogens is 212 g/mol. The second-order valence-electron chi connectivity index (χ2n) is 4.10. The van der Waals surface area contributed by atoms with Crippen LogP contribution in [-0.4, -0.2) is 4.57 Å². The predicted octanol–water partition coefficient (Wildman–Crippen LogP) is 1.66. The third kappa shape index (κ3) is 2.45. The van der Waals surface area contributed by atoms with Crippen molar-refractivity contribution in [1.29, 1.82) is 0 Å². The van der Waals surface area contributed by atoms with Crippen LogP contribution in [0.15, 0.2) is 47.4 Å². The minimum Gasteiger partial charge on any atom is -0.326 e. The normalized spacial score (nSPS) is 10.5. The first kappa shape index (κ1) is 11.6. The van der Waals surface area contributed by atoms with Gasteiger partial charge in [-0.2, -0.15) is 0 Å². The Hall–Kier alpha value is -1.87. The summed E-state index contributed by atoms with van der Waals surface area (Å²) in [5.74, 6) is 0. The van der Waals surface area contributed by atoms with Crippen LogP contribution in [0.25, 0.3) is 0 Å². The molecule has 88 valence electrons. The highest BCUT2D eigenvalue weighted by atomic mass is 16.1. The average Bonchev–Trinajstić information content (AvgIpc) is 2.35. The fourth-order valence-corrected chi connectivity index (χ4v) is 1.88. The third-order valence-corrected chi connectivity index (χ3v) is 2.89. The summed E-state index contributed by atoms with van der Waals surface area (Å²) in [6.45, 7) is 2.90. The Balaban J connectivity index is 2.38. The molecule has 3 nitrogen and oxygen atoms in total. The molecule has 0 aliphatic rings. The number of rotatable bonds is 3. The molecule has 0 saturated carbocycles. The molecule has 3 heteroatoms. The number of hydrogen-bond donors (Lipinski definition) is 1. The topological polar surface area (TPSA) is 48.0 Å². The van der Waals surface area contributed by atoms with E-state index in [0.717, 1.165) is 16.7 Å². The zero-order chi connectivity index (χ0) is 12.3. The van der Waals surface area contributed by atoms with Gasteiger partial charge in [0, 0.05) is 18.3 Å². The van der Waals surface area contributed by atoms with Gasteiger partial charge in [-0.25, -0.2) is 0 Å². The van der Waals surface area contributed by atoms with Crippen LogP contribution >= 0.6 is 0 Å². The molecule has 2 N–H and O–H groups in total. The molecule has 2 rings (SSSR count). The van der Waals surface area contributed by atoms with Crippen molar-refractivity contribution in [3.63, 3.8) is 0 Å². The second kappa shape index (κ2) is 4.97. The molecule has 1 aromatic carbocycles. The largest absolute Gasteiger partial charge is 0.326 e. The summed E-state index contributed by atoms with van der Waals surface area (Å²) >= 11 is 0. The monoisotopic (exact) mass is 228 g/mol. The SMILES string of the molecule is Cc1cccn(Cc2ccccc2CN)c1=O. The Morgan fingerprint density at radius 1 is 1.12 bits per heavy atom. The zero-order valence-electron chi connectivity index (χ0n) is 9.89. The van der Waals surface area contributed by atoms with E-state index >= 15 is 0 Å². The van der Waals surface area contributed by atoms with Crippen LogP contribution in [0, 0.1) is 6.92 Å². The summed E-state index contributed by atoms with van der Waals surface area (Å²) in [6.07, 6.45) is 1.81. The molecule has 0 atom stereocenters. The van der Waals surface area contributed by atoms with E-state index in [2.05, 4.69) is 0 Å². The van der Waals surface area contributed by atoms with Gasteiger partial charge in [-0.15, -0.1) is 0 Å². The highest BCUT2D eigenvalue weighted by Gasteiger charge is 2.03. The van der Waals surface area contributed by atoms with Crippen molar-refractivity contribution in [2.45, 2.75) is 20.0 Å². The molecule has 17 heavy (non-hydrogen) atoms. The van der Waals surface area contributed by atoms with Crippen molar-refractivity contribution in [3.05, 3.63) is 69.6 Å². The minimum atomic E-state index is 0.0549. The number of aromatic nitrogens is 1. The number of nitrogens with zero attached hydrogens (tertiary/aromatic N) is 1. The average molecular weight is 228 g/mol. The molecule has 0 amide bonds. The Labute approximate surface area is 101 Å². The Morgan fingerprint density at radius 3 is 2.53 bits per heavy atom. The van der Waals surface area contributed by atoms with Crippen molar-refractivity contribution in [3.8, 4) is 0 Å². The molecule has 0 radical (unpaired) electrons. The molecule has 0 aliphatic carbocycles. The Bertz CT molecular complexity index is 572. The van der Waals surface area contributed by atoms with E-state index in [4.69, 9.17) is 5.73 Å². The molecule has 0 unspecified atom stereocenters. The van der Waals surface area contributed by atoms with Crippen LogP contribution in [0.4, 0.5) is 0 Å². The first-order valence-electron chi connectivity index (χ1n) is 5.65. The summed E-state index contributed by atoms with van der Waals surface area (Å²) in [4.78, 5) is 11.9. The number of benzene rings is 1. The van der Waals surface area contributed by atoms with Crippen LogP contribution in [0.3, 0.4) is 0 Å². The summed E-state index contributed by atoms with van der Waals surface area (Å²) in [5, 5.41) is 0. The lowest BCUT2D eigenvalue weighted by atomic mass is 10.1. The van der Waals surface area contributed by atoms with Crippen LogP contribution in [-0.2, 0) is 13.1 Å². The molecular formula is C14H16N2O. The van der Waals surface area contributed by atoms with Gasteiger partial charge in [0.2, 0.25) is 0 Å². The Morgan fingerprint density at radius 2 is 1.82 bits per heavy atom. The second-order valence-corrected chi connectivity index (χ2v) is 4.10. The van der Waals surface area contributed by atoms with Crippen LogP contribution in [0.1, 0.15) is 16.7 Å². The van der Waals surface area contributed by atoms with Crippen LogP contribution in [0.2, 0.25) is 0 Å². The first-order valence-corrected chi connectivity index (χ1v) is 5.65.